The Balaban J connectivity index is 2.01. The molecule has 1 N–H and O–H groups in total. The highest BCUT2D eigenvalue weighted by Crippen LogP contribution is 2.29. The number of hydrogen-bond donors (Lipinski definition) is 1. The first-order valence-corrected chi connectivity index (χ1v) is 8.23. The van der Waals surface area contributed by atoms with Crippen molar-refractivity contribution in [3.63, 3.8) is 0 Å². The topological polar surface area (TPSA) is 73.9 Å². The number of hydrogen-bond acceptors (Lipinski definition) is 5. The Hall–Kier alpha value is -2.54. The Labute approximate surface area is 154 Å². The highest BCUT2D eigenvalue weighted by Gasteiger charge is 2.19. The van der Waals surface area contributed by atoms with E-state index in [9.17, 15) is 9.59 Å². The second kappa shape index (κ2) is 8.53. The van der Waals surface area contributed by atoms with Gasteiger partial charge in [-0.05, 0) is 37.3 Å². The maximum Gasteiger partial charge on any atom is 0.338 e. The summed E-state index contributed by atoms with van der Waals surface area (Å²) in [6.45, 7) is 1.51. The van der Waals surface area contributed by atoms with E-state index in [-0.39, 0.29) is 0 Å². The molecule has 132 valence electrons. The zero-order valence-corrected chi connectivity index (χ0v) is 15.6. The van der Waals surface area contributed by atoms with Crippen molar-refractivity contribution >= 4 is 33.5 Å². The molecule has 0 spiro atoms. The van der Waals surface area contributed by atoms with Crippen molar-refractivity contribution in [1.82, 2.24) is 0 Å². The molecule has 1 amide bonds. The first-order chi connectivity index (χ1) is 11.9. The van der Waals surface area contributed by atoms with Gasteiger partial charge in [-0.3, -0.25) is 4.79 Å². The molecule has 0 aliphatic rings. The maximum atomic E-state index is 12.2. The van der Waals surface area contributed by atoms with Crippen molar-refractivity contribution in [2.45, 2.75) is 13.0 Å². The number of benzene rings is 2. The number of rotatable bonds is 6. The minimum Gasteiger partial charge on any atom is -0.493 e. The number of carbonyl (C=O) groups is 2. The van der Waals surface area contributed by atoms with Crippen LogP contribution in [0.1, 0.15) is 17.3 Å². The first kappa shape index (κ1) is 18.8. The van der Waals surface area contributed by atoms with Gasteiger partial charge < -0.3 is 19.5 Å². The number of carbonyl (C=O) groups excluding carboxylic acids is 2. The molecule has 0 heterocycles. The number of halogens is 1. The third kappa shape index (κ3) is 4.96. The number of ether oxygens (including phenoxy) is 3. The lowest BCUT2D eigenvalue weighted by Gasteiger charge is -2.15. The molecule has 0 aliphatic heterocycles. The molecule has 0 fully saturated rings. The van der Waals surface area contributed by atoms with Gasteiger partial charge >= 0.3 is 5.97 Å². The Morgan fingerprint density at radius 1 is 1.04 bits per heavy atom. The van der Waals surface area contributed by atoms with Crippen LogP contribution in [-0.2, 0) is 9.53 Å². The van der Waals surface area contributed by atoms with Gasteiger partial charge in [0.1, 0.15) is 0 Å². The lowest BCUT2D eigenvalue weighted by atomic mass is 10.2. The van der Waals surface area contributed by atoms with Crippen molar-refractivity contribution in [2.75, 3.05) is 19.5 Å². The average molecular weight is 408 g/mol. The van der Waals surface area contributed by atoms with E-state index >= 15 is 0 Å². The van der Waals surface area contributed by atoms with Gasteiger partial charge in [-0.2, -0.15) is 0 Å². The van der Waals surface area contributed by atoms with Crippen LogP contribution < -0.4 is 14.8 Å². The summed E-state index contributed by atoms with van der Waals surface area (Å²) in [6.07, 6.45) is -0.959. The zero-order valence-electron chi connectivity index (χ0n) is 14.0. The SMILES string of the molecule is COc1ccc(NC(=O)C(C)OC(=O)c2cccc(Br)c2)cc1OC. The molecule has 2 aromatic rings. The average Bonchev–Trinajstić information content (AvgIpc) is 2.61. The molecule has 0 saturated carbocycles. The molecule has 2 rings (SSSR count). The fourth-order valence-electron chi connectivity index (χ4n) is 2.06. The van der Waals surface area contributed by atoms with Crippen LogP contribution in [0.4, 0.5) is 5.69 Å². The lowest BCUT2D eigenvalue weighted by molar-refractivity contribution is -0.123. The first-order valence-electron chi connectivity index (χ1n) is 7.44. The monoisotopic (exact) mass is 407 g/mol. The largest absolute Gasteiger partial charge is 0.493 e. The predicted octanol–water partition coefficient (Wildman–Crippen LogP) is 3.65. The second-order valence-electron chi connectivity index (χ2n) is 5.12. The summed E-state index contributed by atoms with van der Waals surface area (Å²) in [5.41, 5.74) is 0.869. The fourth-order valence-corrected chi connectivity index (χ4v) is 2.45. The van der Waals surface area contributed by atoms with Crippen LogP contribution in [0, 0.1) is 0 Å². The van der Waals surface area contributed by atoms with Crippen molar-refractivity contribution in [3.05, 3.63) is 52.5 Å². The molecule has 0 bridgehead atoms. The number of esters is 1. The molecular formula is C18H18BrNO5. The highest BCUT2D eigenvalue weighted by atomic mass is 79.9. The quantitative estimate of drug-likeness (QED) is 0.739. The molecule has 0 radical (unpaired) electrons. The van der Waals surface area contributed by atoms with Crippen molar-refractivity contribution in [2.24, 2.45) is 0 Å². The molecule has 7 heteroatoms. The van der Waals surface area contributed by atoms with E-state index in [4.69, 9.17) is 14.2 Å². The fraction of sp³-hybridized carbons (Fsp3) is 0.222. The predicted molar refractivity (Wildman–Crippen MR) is 97.2 cm³/mol. The van der Waals surface area contributed by atoms with Crippen molar-refractivity contribution < 1.29 is 23.8 Å². The summed E-state index contributed by atoms with van der Waals surface area (Å²) >= 11 is 3.29. The molecule has 1 atom stereocenters. The smallest absolute Gasteiger partial charge is 0.338 e. The molecule has 1 unspecified atom stereocenters. The van der Waals surface area contributed by atoms with Crippen molar-refractivity contribution in [1.29, 1.82) is 0 Å². The van der Waals surface area contributed by atoms with Crippen LogP contribution in [0.2, 0.25) is 0 Å². The number of anilines is 1. The van der Waals surface area contributed by atoms with E-state index in [0.29, 0.717) is 22.7 Å². The van der Waals surface area contributed by atoms with Gasteiger partial charge in [0.15, 0.2) is 17.6 Å². The normalized spacial score (nSPS) is 11.4. The van der Waals surface area contributed by atoms with E-state index in [2.05, 4.69) is 21.2 Å². The second-order valence-corrected chi connectivity index (χ2v) is 6.03. The van der Waals surface area contributed by atoms with Crippen LogP contribution in [-0.4, -0.2) is 32.2 Å². The van der Waals surface area contributed by atoms with Gasteiger partial charge in [-0.15, -0.1) is 0 Å². The number of amides is 1. The molecule has 6 nitrogen and oxygen atoms in total. The van der Waals surface area contributed by atoms with E-state index in [1.807, 2.05) is 0 Å². The Morgan fingerprint density at radius 3 is 2.40 bits per heavy atom. The molecule has 2 aromatic carbocycles. The molecular weight excluding hydrogens is 390 g/mol. The van der Waals surface area contributed by atoms with Gasteiger partial charge in [0.25, 0.3) is 5.91 Å². The summed E-state index contributed by atoms with van der Waals surface area (Å²) in [7, 11) is 3.03. The minimum atomic E-state index is -0.959. The van der Waals surface area contributed by atoms with Crippen LogP contribution in [0.25, 0.3) is 0 Å². The van der Waals surface area contributed by atoms with Crippen LogP contribution in [0.15, 0.2) is 46.9 Å². The Kier molecular flexibility index (Phi) is 6.41. The maximum absolute atomic E-state index is 12.2. The zero-order chi connectivity index (χ0) is 18.4. The number of methoxy groups -OCH3 is 2. The van der Waals surface area contributed by atoms with E-state index in [1.54, 1.807) is 42.5 Å². The summed E-state index contributed by atoms with van der Waals surface area (Å²) < 4.78 is 16.3. The Bertz CT molecular complexity index is 778. The summed E-state index contributed by atoms with van der Waals surface area (Å²) in [5.74, 6) is 0.0144. The van der Waals surface area contributed by atoms with Gasteiger partial charge in [-0.1, -0.05) is 22.0 Å². The minimum absolute atomic E-state index is 0.361. The van der Waals surface area contributed by atoms with Gasteiger partial charge in [-0.25, -0.2) is 4.79 Å². The van der Waals surface area contributed by atoms with Crippen LogP contribution in [0.5, 0.6) is 11.5 Å². The van der Waals surface area contributed by atoms with E-state index in [1.165, 1.54) is 21.1 Å². The molecule has 0 aromatic heterocycles. The van der Waals surface area contributed by atoms with Crippen LogP contribution in [0.3, 0.4) is 0 Å². The van der Waals surface area contributed by atoms with Gasteiger partial charge in [0.05, 0.1) is 19.8 Å². The third-order valence-electron chi connectivity index (χ3n) is 3.36. The molecule has 0 saturated heterocycles. The van der Waals surface area contributed by atoms with Gasteiger partial charge in [0.2, 0.25) is 0 Å². The van der Waals surface area contributed by atoms with Gasteiger partial charge in [0, 0.05) is 16.2 Å². The lowest BCUT2D eigenvalue weighted by Crippen LogP contribution is -2.30. The van der Waals surface area contributed by atoms with E-state index < -0.39 is 18.0 Å². The number of nitrogens with one attached hydrogen (secondary N) is 1. The summed E-state index contributed by atoms with van der Waals surface area (Å²) in [5, 5.41) is 2.67. The molecule has 0 aliphatic carbocycles. The summed E-state index contributed by atoms with van der Waals surface area (Å²) in [6, 6.07) is 11.7. The van der Waals surface area contributed by atoms with Crippen LogP contribution >= 0.6 is 15.9 Å². The highest BCUT2D eigenvalue weighted by molar-refractivity contribution is 9.10. The standard InChI is InChI=1S/C18H18BrNO5/c1-11(25-18(22)12-5-4-6-13(19)9-12)17(21)20-14-7-8-15(23-2)16(10-14)24-3/h4-11H,1-3H3,(H,20,21). The Morgan fingerprint density at radius 2 is 1.76 bits per heavy atom. The van der Waals surface area contributed by atoms with E-state index in [0.717, 1.165) is 4.47 Å². The van der Waals surface area contributed by atoms with Crippen molar-refractivity contribution in [3.8, 4) is 11.5 Å². The third-order valence-corrected chi connectivity index (χ3v) is 3.86. The molecule has 25 heavy (non-hydrogen) atoms. The summed E-state index contributed by atoms with van der Waals surface area (Å²) in [4.78, 5) is 24.3.